The summed E-state index contributed by atoms with van der Waals surface area (Å²) in [5, 5.41) is 11.4. The van der Waals surface area contributed by atoms with Crippen LogP contribution in [-0.4, -0.2) is 23.1 Å². The molecule has 0 aliphatic heterocycles. The molecule has 5 rings (SSSR count). The van der Waals surface area contributed by atoms with Gasteiger partial charge in [0.15, 0.2) is 0 Å². The van der Waals surface area contributed by atoms with Crippen molar-refractivity contribution in [2.24, 2.45) is 40.4 Å². The van der Waals surface area contributed by atoms with Crippen molar-refractivity contribution < 1.29 is 14.6 Å². The van der Waals surface area contributed by atoms with Crippen molar-refractivity contribution in [2.75, 3.05) is 6.61 Å². The minimum Gasteiger partial charge on any atom is -0.387 e. The Labute approximate surface area is 194 Å². The van der Waals surface area contributed by atoms with E-state index in [1.54, 1.807) is 0 Å². The van der Waals surface area contributed by atoms with Crippen LogP contribution in [0.5, 0.6) is 0 Å². The molecule has 0 heterocycles. The van der Waals surface area contributed by atoms with Gasteiger partial charge in [0.1, 0.15) is 5.78 Å². The summed E-state index contributed by atoms with van der Waals surface area (Å²) >= 11 is 0. The Morgan fingerprint density at radius 2 is 1.72 bits per heavy atom. The first kappa shape index (κ1) is 22.6. The van der Waals surface area contributed by atoms with E-state index in [4.69, 9.17) is 4.74 Å². The number of carbonyl (C=O) groups excluding carboxylic acids is 1. The van der Waals surface area contributed by atoms with Gasteiger partial charge in [-0.1, -0.05) is 44.2 Å². The van der Waals surface area contributed by atoms with E-state index in [-0.39, 0.29) is 11.3 Å². The van der Waals surface area contributed by atoms with Crippen LogP contribution in [0.15, 0.2) is 30.3 Å². The normalized spacial score (nSPS) is 45.6. The first-order valence-corrected chi connectivity index (χ1v) is 13.1. The standard InChI is InChI=1S/C29H42O3/c1-20(30)24-11-12-25-23-10-9-22-17-29(31,19-32-18-21-7-5-4-6-8-21)16-15-27(22,2)26(23)13-14-28(24,25)3/h4-8,22-26,31H,9-19H2,1-3H3/t22-,23-,24+,25-,26-,27-,28+,29+/m0/s1. The van der Waals surface area contributed by atoms with Gasteiger partial charge in [0.25, 0.3) is 0 Å². The van der Waals surface area contributed by atoms with Crippen molar-refractivity contribution in [1.29, 1.82) is 0 Å². The number of ketones is 1. The van der Waals surface area contributed by atoms with Crippen molar-refractivity contribution in [1.82, 2.24) is 0 Å². The maximum atomic E-state index is 12.4. The molecule has 0 saturated heterocycles. The zero-order chi connectivity index (χ0) is 22.6. The minimum atomic E-state index is -0.679. The Balaban J connectivity index is 1.25. The number of hydrogen-bond acceptors (Lipinski definition) is 3. The maximum Gasteiger partial charge on any atom is 0.133 e. The summed E-state index contributed by atoms with van der Waals surface area (Å²) in [6, 6.07) is 10.3. The molecule has 0 spiro atoms. The fourth-order valence-electron chi connectivity index (χ4n) is 9.05. The van der Waals surface area contributed by atoms with Crippen molar-refractivity contribution in [2.45, 2.75) is 90.8 Å². The molecule has 32 heavy (non-hydrogen) atoms. The molecule has 0 aromatic heterocycles. The van der Waals surface area contributed by atoms with Crippen molar-refractivity contribution in [3.05, 3.63) is 35.9 Å². The van der Waals surface area contributed by atoms with Gasteiger partial charge in [-0.2, -0.15) is 0 Å². The fourth-order valence-corrected chi connectivity index (χ4v) is 9.05. The third-order valence-electron chi connectivity index (χ3n) is 10.8. The highest BCUT2D eigenvalue weighted by Crippen LogP contribution is 2.68. The molecule has 0 bridgehead atoms. The molecule has 3 nitrogen and oxygen atoms in total. The zero-order valence-electron chi connectivity index (χ0n) is 20.3. The highest BCUT2D eigenvalue weighted by molar-refractivity contribution is 5.79. The number of Topliss-reactive ketones (excluding diaryl/α,β-unsaturated/α-hetero) is 1. The Hall–Kier alpha value is -1.19. The molecule has 8 atom stereocenters. The molecule has 0 unspecified atom stereocenters. The quantitative estimate of drug-likeness (QED) is 0.597. The predicted octanol–water partition coefficient (Wildman–Crippen LogP) is 6.18. The second-order valence-electron chi connectivity index (χ2n) is 12.3. The average molecular weight is 439 g/mol. The number of fused-ring (bicyclic) bond motifs is 5. The van der Waals surface area contributed by atoms with E-state index in [1.807, 2.05) is 25.1 Å². The number of ether oxygens (including phenoxy) is 1. The summed E-state index contributed by atoms with van der Waals surface area (Å²) in [6.45, 7) is 7.82. The molecular weight excluding hydrogens is 396 g/mol. The molecule has 4 aliphatic carbocycles. The van der Waals surface area contributed by atoms with Crippen LogP contribution in [0.1, 0.15) is 84.1 Å². The topological polar surface area (TPSA) is 46.5 Å². The number of hydrogen-bond donors (Lipinski definition) is 1. The molecule has 4 fully saturated rings. The van der Waals surface area contributed by atoms with E-state index in [0.29, 0.717) is 30.3 Å². The molecule has 4 aliphatic rings. The number of carbonyl (C=O) groups is 1. The van der Waals surface area contributed by atoms with Crippen molar-refractivity contribution in [3.8, 4) is 0 Å². The van der Waals surface area contributed by atoms with Crippen LogP contribution in [-0.2, 0) is 16.1 Å². The van der Waals surface area contributed by atoms with Gasteiger partial charge >= 0.3 is 0 Å². The second kappa shape index (κ2) is 8.24. The number of aliphatic hydroxyl groups is 1. The van der Waals surface area contributed by atoms with Gasteiger partial charge in [-0.25, -0.2) is 0 Å². The van der Waals surface area contributed by atoms with E-state index < -0.39 is 5.60 Å². The van der Waals surface area contributed by atoms with E-state index in [2.05, 4.69) is 26.0 Å². The molecule has 0 amide bonds. The summed E-state index contributed by atoms with van der Waals surface area (Å²) < 4.78 is 6.00. The van der Waals surface area contributed by atoms with Crippen LogP contribution < -0.4 is 0 Å². The number of rotatable bonds is 5. The molecule has 1 aromatic carbocycles. The Morgan fingerprint density at radius 1 is 0.969 bits per heavy atom. The van der Waals surface area contributed by atoms with Gasteiger partial charge in [0.2, 0.25) is 0 Å². The molecular formula is C29H42O3. The lowest BCUT2D eigenvalue weighted by atomic mass is 9.44. The van der Waals surface area contributed by atoms with Gasteiger partial charge < -0.3 is 9.84 Å². The largest absolute Gasteiger partial charge is 0.387 e. The predicted molar refractivity (Wildman–Crippen MR) is 127 cm³/mol. The lowest BCUT2D eigenvalue weighted by Gasteiger charge is -2.62. The van der Waals surface area contributed by atoms with Gasteiger partial charge in [-0.05, 0) is 105 Å². The van der Waals surface area contributed by atoms with E-state index in [0.717, 1.165) is 43.4 Å². The molecule has 3 heteroatoms. The lowest BCUT2D eigenvalue weighted by Crippen LogP contribution is -2.56. The summed E-state index contributed by atoms with van der Waals surface area (Å²) in [4.78, 5) is 12.4. The van der Waals surface area contributed by atoms with Gasteiger partial charge in [-0.15, -0.1) is 0 Å². The SMILES string of the molecule is CC(=O)[C@H]1CC[C@H]2[C@@H]3CC[C@H]4C[C@@](O)(COCc5ccccc5)CC[C@]4(C)[C@H]3CC[C@]12C. The van der Waals surface area contributed by atoms with Gasteiger partial charge in [-0.3, -0.25) is 4.79 Å². The maximum absolute atomic E-state index is 12.4. The van der Waals surface area contributed by atoms with E-state index in [9.17, 15) is 9.90 Å². The Morgan fingerprint density at radius 3 is 2.47 bits per heavy atom. The minimum absolute atomic E-state index is 0.233. The van der Waals surface area contributed by atoms with Crippen LogP contribution in [0.3, 0.4) is 0 Å². The smallest absolute Gasteiger partial charge is 0.133 e. The van der Waals surface area contributed by atoms with Crippen molar-refractivity contribution >= 4 is 5.78 Å². The van der Waals surface area contributed by atoms with Crippen LogP contribution in [0.25, 0.3) is 0 Å². The summed E-state index contributed by atoms with van der Waals surface area (Å²) in [6.07, 6.45) is 10.2. The second-order valence-corrected chi connectivity index (χ2v) is 12.3. The van der Waals surface area contributed by atoms with Crippen molar-refractivity contribution in [3.63, 3.8) is 0 Å². The molecule has 4 saturated carbocycles. The first-order valence-electron chi connectivity index (χ1n) is 13.1. The highest BCUT2D eigenvalue weighted by atomic mass is 16.5. The van der Waals surface area contributed by atoms with Crippen LogP contribution in [0.4, 0.5) is 0 Å². The third-order valence-corrected chi connectivity index (χ3v) is 10.8. The first-order chi connectivity index (χ1) is 15.3. The average Bonchev–Trinajstić information content (AvgIpc) is 3.13. The highest BCUT2D eigenvalue weighted by Gasteiger charge is 2.61. The molecule has 0 radical (unpaired) electrons. The summed E-state index contributed by atoms with van der Waals surface area (Å²) in [5.41, 5.74) is 1.06. The van der Waals surface area contributed by atoms with E-state index >= 15 is 0 Å². The van der Waals surface area contributed by atoms with Crippen LogP contribution in [0, 0.1) is 40.4 Å². The van der Waals surface area contributed by atoms with Gasteiger partial charge in [0, 0.05) is 5.92 Å². The molecule has 1 aromatic rings. The molecule has 1 N–H and O–H groups in total. The Bertz CT molecular complexity index is 836. The monoisotopic (exact) mass is 438 g/mol. The van der Waals surface area contributed by atoms with Gasteiger partial charge in [0.05, 0.1) is 18.8 Å². The fraction of sp³-hybridized carbons (Fsp3) is 0.759. The molecule has 176 valence electrons. The summed E-state index contributed by atoms with van der Waals surface area (Å²) in [7, 11) is 0. The lowest BCUT2D eigenvalue weighted by molar-refractivity contribution is -0.167. The third kappa shape index (κ3) is 3.68. The van der Waals surface area contributed by atoms with Crippen LogP contribution in [0.2, 0.25) is 0 Å². The van der Waals surface area contributed by atoms with Crippen LogP contribution >= 0.6 is 0 Å². The zero-order valence-corrected chi connectivity index (χ0v) is 20.3. The number of benzene rings is 1. The summed E-state index contributed by atoms with van der Waals surface area (Å²) in [5.74, 6) is 3.57. The Kier molecular flexibility index (Phi) is 5.82. The van der Waals surface area contributed by atoms with E-state index in [1.165, 1.54) is 37.7 Å².